The number of carbonyl (C=O) groups excluding carboxylic acids is 1. The Kier molecular flexibility index (Phi) is 7.35. The Hall–Kier alpha value is -2.89. The second-order valence-corrected chi connectivity index (χ2v) is 10.5. The maximum absolute atomic E-state index is 13.5. The van der Waals surface area contributed by atoms with E-state index in [1.165, 1.54) is 18.4 Å². The first-order valence-corrected chi connectivity index (χ1v) is 13.3. The summed E-state index contributed by atoms with van der Waals surface area (Å²) in [6.07, 6.45) is 6.94. The summed E-state index contributed by atoms with van der Waals surface area (Å²) < 4.78 is 12.0. The third-order valence-electron chi connectivity index (χ3n) is 7.85. The third kappa shape index (κ3) is 5.52. The van der Waals surface area contributed by atoms with Crippen molar-refractivity contribution in [3.63, 3.8) is 0 Å². The number of rotatable bonds is 6. The van der Waals surface area contributed by atoms with Crippen LogP contribution in [-0.4, -0.2) is 67.8 Å². The van der Waals surface area contributed by atoms with Gasteiger partial charge in [0.25, 0.3) is 0 Å². The van der Waals surface area contributed by atoms with Gasteiger partial charge in [0.15, 0.2) is 11.5 Å². The lowest BCUT2D eigenvalue weighted by Gasteiger charge is -2.44. The highest BCUT2D eigenvalue weighted by molar-refractivity contribution is 5.76. The molecule has 0 spiro atoms. The summed E-state index contributed by atoms with van der Waals surface area (Å²) in [5.41, 5.74) is 2.41. The molecule has 6 heteroatoms. The first kappa shape index (κ1) is 23.8. The number of ether oxygens (including phenoxy) is 2. The van der Waals surface area contributed by atoms with Crippen molar-refractivity contribution in [3.05, 3.63) is 54.1 Å². The van der Waals surface area contributed by atoms with Crippen LogP contribution in [-0.2, 0) is 6.42 Å². The van der Waals surface area contributed by atoms with Crippen molar-refractivity contribution >= 4 is 11.7 Å². The molecule has 3 fully saturated rings. The van der Waals surface area contributed by atoms with Gasteiger partial charge in [0.2, 0.25) is 0 Å². The highest BCUT2D eigenvalue weighted by Crippen LogP contribution is 2.36. The Balaban J connectivity index is 1.35. The van der Waals surface area contributed by atoms with Crippen LogP contribution in [0.2, 0.25) is 0 Å². The zero-order valence-electron chi connectivity index (χ0n) is 21.2. The SMILES string of the molecule is COc1ccc(N2CCN(C(=O)N3CCC(C)C3)C(Cc3ccccc3)C2)cc1OC1CCCC1. The van der Waals surface area contributed by atoms with Crippen LogP contribution in [0.3, 0.4) is 0 Å². The summed E-state index contributed by atoms with van der Waals surface area (Å²) in [6.45, 7) is 6.33. The lowest BCUT2D eigenvalue weighted by atomic mass is 10.0. The predicted octanol–water partition coefficient (Wildman–Crippen LogP) is 5.21. The molecule has 3 aliphatic rings. The van der Waals surface area contributed by atoms with Gasteiger partial charge in [-0.15, -0.1) is 0 Å². The molecular weight excluding hydrogens is 438 g/mol. The van der Waals surface area contributed by atoms with Gasteiger partial charge in [-0.2, -0.15) is 0 Å². The molecule has 2 heterocycles. The fraction of sp³-hybridized carbons (Fsp3) is 0.552. The Labute approximate surface area is 209 Å². The number of amides is 2. The number of nitrogens with zero attached hydrogens (tertiary/aromatic N) is 3. The van der Waals surface area contributed by atoms with E-state index in [0.717, 1.165) is 75.6 Å². The molecular formula is C29H39N3O3. The lowest BCUT2D eigenvalue weighted by molar-refractivity contribution is 0.133. The van der Waals surface area contributed by atoms with Gasteiger partial charge in [-0.3, -0.25) is 0 Å². The highest BCUT2D eigenvalue weighted by Gasteiger charge is 2.35. The molecule has 0 aromatic heterocycles. The van der Waals surface area contributed by atoms with Crippen LogP contribution >= 0.6 is 0 Å². The number of anilines is 1. The third-order valence-corrected chi connectivity index (χ3v) is 7.85. The molecule has 2 aromatic rings. The molecule has 2 aromatic carbocycles. The molecule has 1 aliphatic carbocycles. The number of urea groups is 1. The van der Waals surface area contributed by atoms with E-state index in [9.17, 15) is 4.79 Å². The molecule has 35 heavy (non-hydrogen) atoms. The van der Waals surface area contributed by atoms with E-state index < -0.39 is 0 Å². The molecule has 2 unspecified atom stereocenters. The molecule has 0 N–H and O–H groups in total. The topological polar surface area (TPSA) is 45.2 Å². The van der Waals surface area contributed by atoms with Crippen molar-refractivity contribution < 1.29 is 14.3 Å². The van der Waals surface area contributed by atoms with E-state index in [4.69, 9.17) is 9.47 Å². The van der Waals surface area contributed by atoms with Gasteiger partial charge in [-0.1, -0.05) is 37.3 Å². The van der Waals surface area contributed by atoms with Crippen molar-refractivity contribution in [2.24, 2.45) is 5.92 Å². The van der Waals surface area contributed by atoms with Crippen LogP contribution in [0.25, 0.3) is 0 Å². The average Bonchev–Trinajstić information content (AvgIpc) is 3.56. The minimum absolute atomic E-state index is 0.121. The normalized spacial score (nSPS) is 23.1. The van der Waals surface area contributed by atoms with Gasteiger partial charge in [-0.05, 0) is 62.1 Å². The Morgan fingerprint density at radius 3 is 2.46 bits per heavy atom. The largest absolute Gasteiger partial charge is 0.493 e. The first-order valence-electron chi connectivity index (χ1n) is 13.3. The van der Waals surface area contributed by atoms with E-state index >= 15 is 0 Å². The van der Waals surface area contributed by atoms with Gasteiger partial charge in [0, 0.05) is 44.5 Å². The summed E-state index contributed by atoms with van der Waals surface area (Å²) in [5.74, 6) is 2.21. The standard InChI is InChI=1S/C29H39N3O3/c1-22-14-15-31(20-22)29(33)32-17-16-30(21-25(32)18-23-8-4-3-5-9-23)24-12-13-27(34-2)28(19-24)35-26-10-6-7-11-26/h3-5,8-9,12-13,19,22,25-26H,6-7,10-11,14-18,20-21H2,1-2H3. The number of benzene rings is 2. The number of likely N-dealkylation sites (tertiary alicyclic amines) is 1. The number of hydrogen-bond donors (Lipinski definition) is 0. The van der Waals surface area contributed by atoms with Crippen molar-refractivity contribution in [1.29, 1.82) is 0 Å². The van der Waals surface area contributed by atoms with Crippen molar-refractivity contribution in [2.45, 2.75) is 57.6 Å². The molecule has 6 nitrogen and oxygen atoms in total. The average molecular weight is 478 g/mol. The maximum Gasteiger partial charge on any atom is 0.320 e. The Bertz CT molecular complexity index is 992. The summed E-state index contributed by atoms with van der Waals surface area (Å²) >= 11 is 0. The van der Waals surface area contributed by atoms with Crippen molar-refractivity contribution in [2.75, 3.05) is 44.7 Å². The molecule has 2 atom stereocenters. The Morgan fingerprint density at radius 1 is 0.943 bits per heavy atom. The predicted molar refractivity (Wildman–Crippen MR) is 139 cm³/mol. The van der Waals surface area contributed by atoms with Crippen LogP contribution in [0.4, 0.5) is 10.5 Å². The molecule has 188 valence electrons. The molecule has 2 amide bonds. The number of carbonyl (C=O) groups is 1. The van der Waals surface area contributed by atoms with E-state index in [1.54, 1.807) is 7.11 Å². The molecule has 0 radical (unpaired) electrons. The van der Waals surface area contributed by atoms with Crippen LogP contribution in [0, 0.1) is 5.92 Å². The lowest BCUT2D eigenvalue weighted by Crippen LogP contribution is -2.58. The number of hydrogen-bond acceptors (Lipinski definition) is 4. The summed E-state index contributed by atoms with van der Waals surface area (Å²) in [5, 5.41) is 0. The van der Waals surface area contributed by atoms with E-state index in [1.807, 2.05) is 6.07 Å². The molecule has 2 aliphatic heterocycles. The van der Waals surface area contributed by atoms with Gasteiger partial charge < -0.3 is 24.2 Å². The van der Waals surface area contributed by atoms with Crippen LogP contribution in [0.15, 0.2) is 48.5 Å². The second kappa shape index (κ2) is 10.8. The fourth-order valence-electron chi connectivity index (χ4n) is 5.83. The number of piperazine rings is 1. The van der Waals surface area contributed by atoms with E-state index in [0.29, 0.717) is 5.92 Å². The molecule has 2 saturated heterocycles. The van der Waals surface area contributed by atoms with Crippen molar-refractivity contribution in [1.82, 2.24) is 9.80 Å². The van der Waals surface area contributed by atoms with Gasteiger partial charge >= 0.3 is 6.03 Å². The first-order chi connectivity index (χ1) is 17.1. The summed E-state index contributed by atoms with van der Waals surface area (Å²) in [4.78, 5) is 20.1. The van der Waals surface area contributed by atoms with Gasteiger partial charge in [0.05, 0.1) is 19.3 Å². The molecule has 5 rings (SSSR count). The van der Waals surface area contributed by atoms with Crippen LogP contribution in [0.5, 0.6) is 11.5 Å². The second-order valence-electron chi connectivity index (χ2n) is 10.5. The summed E-state index contributed by atoms with van der Waals surface area (Å²) in [6, 6.07) is 17.2. The maximum atomic E-state index is 13.5. The monoisotopic (exact) mass is 477 g/mol. The summed E-state index contributed by atoms with van der Waals surface area (Å²) in [7, 11) is 1.70. The molecule has 0 bridgehead atoms. The van der Waals surface area contributed by atoms with Gasteiger partial charge in [-0.25, -0.2) is 4.79 Å². The van der Waals surface area contributed by atoms with E-state index in [-0.39, 0.29) is 18.2 Å². The zero-order valence-corrected chi connectivity index (χ0v) is 21.2. The Morgan fingerprint density at radius 2 is 1.74 bits per heavy atom. The van der Waals surface area contributed by atoms with Crippen LogP contribution in [0.1, 0.15) is 44.6 Å². The quantitative estimate of drug-likeness (QED) is 0.573. The van der Waals surface area contributed by atoms with Crippen LogP contribution < -0.4 is 14.4 Å². The minimum atomic E-state index is 0.121. The van der Waals surface area contributed by atoms with E-state index in [2.05, 4.69) is 64.1 Å². The minimum Gasteiger partial charge on any atom is -0.493 e. The van der Waals surface area contributed by atoms with Crippen molar-refractivity contribution in [3.8, 4) is 11.5 Å². The fourth-order valence-corrected chi connectivity index (χ4v) is 5.83. The van der Waals surface area contributed by atoms with Gasteiger partial charge in [0.1, 0.15) is 0 Å². The zero-order chi connectivity index (χ0) is 24.2. The highest BCUT2D eigenvalue weighted by atomic mass is 16.5. The molecule has 1 saturated carbocycles. The number of methoxy groups -OCH3 is 1. The smallest absolute Gasteiger partial charge is 0.320 e.